The van der Waals surface area contributed by atoms with Crippen molar-refractivity contribution in [1.29, 1.82) is 0 Å². The molecule has 0 heterocycles. The summed E-state index contributed by atoms with van der Waals surface area (Å²) < 4.78 is 0. The highest BCUT2D eigenvalue weighted by Crippen LogP contribution is 2.14. The first-order chi connectivity index (χ1) is 12.4. The normalized spacial score (nSPS) is 10.6. The van der Waals surface area contributed by atoms with Crippen molar-refractivity contribution in [2.24, 2.45) is 5.92 Å². The van der Waals surface area contributed by atoms with Crippen LogP contribution in [0.15, 0.2) is 48.5 Å². The second-order valence-electron chi connectivity index (χ2n) is 6.60. The summed E-state index contributed by atoms with van der Waals surface area (Å²) >= 11 is 1.61. The smallest absolute Gasteiger partial charge is 0.230 e. The predicted molar refractivity (Wildman–Crippen MR) is 109 cm³/mol. The van der Waals surface area contributed by atoms with Crippen molar-refractivity contribution in [3.05, 3.63) is 65.2 Å². The van der Waals surface area contributed by atoms with Gasteiger partial charge in [0, 0.05) is 23.9 Å². The first kappa shape index (κ1) is 20.0. The summed E-state index contributed by atoms with van der Waals surface area (Å²) in [5.41, 5.74) is 4.25. The predicted octanol–water partition coefficient (Wildman–Crippen LogP) is 4.14. The third kappa shape index (κ3) is 6.92. The SMILES string of the molecule is Cc1cccc(CSCC(=O)NCc2ccc(NC(=O)C(C)C)cc2)c1. The Hall–Kier alpha value is -2.27. The number of thioether (sulfide) groups is 1. The van der Waals surface area contributed by atoms with E-state index in [4.69, 9.17) is 0 Å². The van der Waals surface area contributed by atoms with Crippen molar-refractivity contribution >= 4 is 29.3 Å². The standard InChI is InChI=1S/C21H26N2O2S/c1-15(2)21(25)23-19-9-7-17(8-10-19)12-22-20(24)14-26-13-18-6-4-5-16(3)11-18/h4-11,15H,12-14H2,1-3H3,(H,22,24)(H,23,25). The Balaban J connectivity index is 1.70. The van der Waals surface area contributed by atoms with Crippen LogP contribution in [0.1, 0.15) is 30.5 Å². The van der Waals surface area contributed by atoms with Crippen LogP contribution >= 0.6 is 11.8 Å². The molecule has 0 saturated carbocycles. The molecule has 2 aromatic carbocycles. The van der Waals surface area contributed by atoms with Gasteiger partial charge in [0.2, 0.25) is 11.8 Å². The van der Waals surface area contributed by atoms with Crippen LogP contribution in [0.3, 0.4) is 0 Å². The van der Waals surface area contributed by atoms with E-state index in [1.807, 2.05) is 44.2 Å². The number of carbonyl (C=O) groups is 2. The zero-order valence-electron chi connectivity index (χ0n) is 15.5. The second kappa shape index (κ2) is 10.0. The van der Waals surface area contributed by atoms with E-state index in [-0.39, 0.29) is 17.7 Å². The summed E-state index contributed by atoms with van der Waals surface area (Å²) in [5, 5.41) is 5.78. The second-order valence-corrected chi connectivity index (χ2v) is 7.59. The molecule has 0 bridgehead atoms. The quantitative estimate of drug-likeness (QED) is 0.734. The van der Waals surface area contributed by atoms with Crippen molar-refractivity contribution in [2.75, 3.05) is 11.1 Å². The monoisotopic (exact) mass is 370 g/mol. The molecule has 0 radical (unpaired) electrons. The molecular weight excluding hydrogens is 344 g/mol. The first-order valence-electron chi connectivity index (χ1n) is 8.74. The third-order valence-corrected chi connectivity index (χ3v) is 4.82. The molecule has 4 nitrogen and oxygen atoms in total. The van der Waals surface area contributed by atoms with E-state index < -0.39 is 0 Å². The number of rotatable bonds is 8. The van der Waals surface area contributed by atoms with Gasteiger partial charge in [-0.1, -0.05) is 55.8 Å². The maximum atomic E-state index is 12.0. The van der Waals surface area contributed by atoms with Gasteiger partial charge in [-0.05, 0) is 30.2 Å². The van der Waals surface area contributed by atoms with E-state index in [9.17, 15) is 9.59 Å². The van der Waals surface area contributed by atoms with E-state index in [0.717, 1.165) is 17.0 Å². The van der Waals surface area contributed by atoms with Gasteiger partial charge in [0.25, 0.3) is 0 Å². The van der Waals surface area contributed by atoms with Crippen molar-refractivity contribution in [3.8, 4) is 0 Å². The molecule has 0 aliphatic carbocycles. The molecule has 0 aliphatic heterocycles. The molecule has 0 spiro atoms. The lowest BCUT2D eigenvalue weighted by Crippen LogP contribution is -2.24. The van der Waals surface area contributed by atoms with Crippen LogP contribution in [0.2, 0.25) is 0 Å². The molecule has 2 aromatic rings. The van der Waals surface area contributed by atoms with Gasteiger partial charge in [-0.2, -0.15) is 0 Å². The number of amides is 2. The maximum absolute atomic E-state index is 12.0. The van der Waals surface area contributed by atoms with E-state index in [0.29, 0.717) is 12.3 Å². The summed E-state index contributed by atoms with van der Waals surface area (Å²) in [7, 11) is 0. The molecule has 26 heavy (non-hydrogen) atoms. The van der Waals surface area contributed by atoms with Crippen molar-refractivity contribution in [2.45, 2.75) is 33.1 Å². The number of carbonyl (C=O) groups excluding carboxylic acids is 2. The lowest BCUT2D eigenvalue weighted by atomic mass is 10.1. The van der Waals surface area contributed by atoms with E-state index >= 15 is 0 Å². The minimum absolute atomic E-state index is 0.00307. The van der Waals surface area contributed by atoms with E-state index in [1.54, 1.807) is 11.8 Å². The molecule has 5 heteroatoms. The lowest BCUT2D eigenvalue weighted by Gasteiger charge is -2.09. The van der Waals surface area contributed by atoms with Crippen LogP contribution in [-0.2, 0) is 21.9 Å². The van der Waals surface area contributed by atoms with Crippen LogP contribution in [0.25, 0.3) is 0 Å². The molecule has 2 rings (SSSR count). The van der Waals surface area contributed by atoms with Gasteiger partial charge >= 0.3 is 0 Å². The fourth-order valence-corrected chi connectivity index (χ4v) is 3.11. The Morgan fingerprint density at radius 1 is 1.04 bits per heavy atom. The molecular formula is C21H26N2O2S. The molecule has 138 valence electrons. The number of hydrogen-bond donors (Lipinski definition) is 2. The largest absolute Gasteiger partial charge is 0.351 e. The number of anilines is 1. The zero-order valence-corrected chi connectivity index (χ0v) is 16.4. The first-order valence-corrected chi connectivity index (χ1v) is 9.89. The molecule has 0 unspecified atom stereocenters. The Morgan fingerprint density at radius 3 is 2.42 bits per heavy atom. The molecule has 0 aliphatic rings. The summed E-state index contributed by atoms with van der Waals surface area (Å²) in [6.07, 6.45) is 0. The number of nitrogens with one attached hydrogen (secondary N) is 2. The number of aryl methyl sites for hydroxylation is 1. The van der Waals surface area contributed by atoms with Gasteiger partial charge in [0.1, 0.15) is 0 Å². The Labute approximate surface area is 159 Å². The highest BCUT2D eigenvalue weighted by atomic mass is 32.2. The maximum Gasteiger partial charge on any atom is 0.230 e. The minimum Gasteiger partial charge on any atom is -0.351 e. The van der Waals surface area contributed by atoms with Crippen LogP contribution in [0.5, 0.6) is 0 Å². The Morgan fingerprint density at radius 2 is 1.77 bits per heavy atom. The highest BCUT2D eigenvalue weighted by Gasteiger charge is 2.07. The molecule has 0 aromatic heterocycles. The fourth-order valence-electron chi connectivity index (χ4n) is 2.31. The lowest BCUT2D eigenvalue weighted by molar-refractivity contribution is -0.119. The van der Waals surface area contributed by atoms with Gasteiger partial charge in [-0.25, -0.2) is 0 Å². The fraction of sp³-hybridized carbons (Fsp3) is 0.333. The summed E-state index contributed by atoms with van der Waals surface area (Å²) in [4.78, 5) is 23.6. The summed E-state index contributed by atoms with van der Waals surface area (Å²) in [5.74, 6) is 1.25. The zero-order chi connectivity index (χ0) is 18.9. The van der Waals surface area contributed by atoms with Crippen molar-refractivity contribution < 1.29 is 9.59 Å². The molecule has 0 atom stereocenters. The van der Waals surface area contributed by atoms with E-state index in [1.165, 1.54) is 11.1 Å². The summed E-state index contributed by atoms with van der Waals surface area (Å²) in [6, 6.07) is 15.9. The number of benzene rings is 2. The third-order valence-electron chi connectivity index (χ3n) is 3.82. The van der Waals surface area contributed by atoms with Crippen LogP contribution in [-0.4, -0.2) is 17.6 Å². The molecule has 2 N–H and O–H groups in total. The van der Waals surface area contributed by atoms with Crippen LogP contribution in [0, 0.1) is 12.8 Å². The van der Waals surface area contributed by atoms with Gasteiger partial charge in [0.15, 0.2) is 0 Å². The van der Waals surface area contributed by atoms with Crippen LogP contribution < -0.4 is 10.6 Å². The average Bonchev–Trinajstić information content (AvgIpc) is 2.61. The number of hydrogen-bond acceptors (Lipinski definition) is 3. The molecule has 2 amide bonds. The van der Waals surface area contributed by atoms with Crippen molar-refractivity contribution in [1.82, 2.24) is 5.32 Å². The molecule has 0 fully saturated rings. The molecule has 0 saturated heterocycles. The van der Waals surface area contributed by atoms with Gasteiger partial charge in [-0.15, -0.1) is 11.8 Å². The Bertz CT molecular complexity index is 742. The van der Waals surface area contributed by atoms with E-state index in [2.05, 4.69) is 35.8 Å². The van der Waals surface area contributed by atoms with Crippen LogP contribution in [0.4, 0.5) is 5.69 Å². The van der Waals surface area contributed by atoms with Crippen molar-refractivity contribution in [3.63, 3.8) is 0 Å². The highest BCUT2D eigenvalue weighted by molar-refractivity contribution is 7.99. The summed E-state index contributed by atoms with van der Waals surface area (Å²) in [6.45, 7) is 6.27. The Kier molecular flexibility index (Phi) is 7.73. The average molecular weight is 371 g/mol. The van der Waals surface area contributed by atoms with Gasteiger partial charge < -0.3 is 10.6 Å². The topological polar surface area (TPSA) is 58.2 Å². The minimum atomic E-state index is -0.0498. The van der Waals surface area contributed by atoms with Gasteiger partial charge in [0.05, 0.1) is 5.75 Å². The van der Waals surface area contributed by atoms with Gasteiger partial charge in [-0.3, -0.25) is 9.59 Å².